The Morgan fingerprint density at radius 1 is 0.238 bits per heavy atom. The Labute approximate surface area is 830 Å². The van der Waals surface area contributed by atoms with Crippen molar-refractivity contribution < 1.29 is 13.3 Å². The molecule has 0 N–H and O–H groups in total. The van der Waals surface area contributed by atoms with Crippen molar-refractivity contribution in [2.24, 2.45) is 0 Å². The van der Waals surface area contributed by atoms with Crippen molar-refractivity contribution in [3.05, 3.63) is 403 Å². The van der Waals surface area contributed by atoms with Gasteiger partial charge in [-0.3, -0.25) is 24.2 Å². The van der Waals surface area contributed by atoms with Crippen molar-refractivity contribution >= 4 is 208 Å². The first-order chi connectivity index (χ1) is 69.3. The van der Waals surface area contributed by atoms with Crippen LogP contribution in [0.4, 0.5) is 142 Å². The lowest BCUT2D eigenvalue weighted by atomic mass is 9.99. The van der Waals surface area contributed by atoms with Crippen molar-refractivity contribution in [3.63, 3.8) is 0 Å². The van der Waals surface area contributed by atoms with Crippen molar-refractivity contribution in [3.8, 4) is 22.3 Å². The van der Waals surface area contributed by atoms with Gasteiger partial charge in [0.2, 0.25) is 34.2 Å². The molecular formula is C119H93N21O3. The van der Waals surface area contributed by atoms with Crippen LogP contribution in [0, 0.1) is 100 Å². The topological polar surface area (TPSA) is 128 Å². The molecule has 24 nitrogen and oxygen atoms in total. The van der Waals surface area contributed by atoms with E-state index in [2.05, 4.69) is 274 Å². The van der Waals surface area contributed by atoms with E-state index >= 15 is 0 Å². The lowest BCUT2D eigenvalue weighted by molar-refractivity contribution is 0.648. The van der Waals surface area contributed by atoms with Crippen molar-refractivity contribution in [1.29, 1.82) is 0 Å². The average molecular weight is 1870 g/mol. The summed E-state index contributed by atoms with van der Waals surface area (Å²) in [6, 6.07) is 84.2. The maximum atomic E-state index is 7.76. The van der Waals surface area contributed by atoms with Gasteiger partial charge in [-0.05, 0) is 187 Å². The number of anilines is 15. The predicted molar refractivity (Wildman–Crippen MR) is 581 cm³/mol. The zero-order valence-electron chi connectivity index (χ0n) is 81.3. The number of rotatable bonds is 7. The van der Waals surface area contributed by atoms with Crippen molar-refractivity contribution in [2.45, 2.75) is 100 Å². The van der Waals surface area contributed by atoms with E-state index in [1.165, 1.54) is 11.1 Å². The van der Waals surface area contributed by atoms with Gasteiger partial charge in [-0.1, -0.05) is 176 Å². The smallest absolute Gasteiger partial charge is 0.227 e. The number of hydrogen-bond donors (Lipinski definition) is 0. The van der Waals surface area contributed by atoms with Gasteiger partial charge in [0.15, 0.2) is 39.6 Å². The van der Waals surface area contributed by atoms with E-state index in [9.17, 15) is 0 Å². The van der Waals surface area contributed by atoms with Crippen LogP contribution in [-0.2, 0) is 0 Å². The average Bonchev–Trinajstić information content (AvgIpc) is 1.63. The van der Waals surface area contributed by atoms with Gasteiger partial charge in [0.25, 0.3) is 0 Å². The van der Waals surface area contributed by atoms with Crippen LogP contribution in [-0.4, -0.2) is 71.1 Å². The maximum absolute atomic E-state index is 7.76. The molecule has 0 saturated carbocycles. The van der Waals surface area contributed by atoms with Crippen LogP contribution in [0.15, 0.2) is 274 Å². The standard InChI is InChI=1S/2C24H18N4O.2C24H20N4.C23H17N5O/c1-14-12-17-16-8-6-7-9-21(16)29-22(17)13-20(14)28-15(2)27(5)19-11-10-18(25-3)23(26-4)24(19)28;1-14-10-11-17-16-8-6-7-9-20(16)29-24(17)22(14)28-15(2)27(5)19-13-12-18(25-3)21(26-4)23(19)28;1-16-10-9-13-19(18-11-7-6-8-12-18)23(16)28-17(2)27(5)21-15-14-20(25-3)22(26-4)24(21)28;1-16-15-19(18-9-7-6-8-10-18)11-13-21(16)28-17(2)27(5)22-14-12-20(25-3)23(26-4)24(22)28;1-13-8-9-15-16-7-6-12-26-23(16)29-22(15)20(13)28-14(2)27(5)18-11-10-17(24-3)19(25-4)21(18)28/h2*6-13,15H,1-2,5H3;2*6-15,17H,1-2,5H3;6-12,14H,1-2,5H3/t2*15-;2*17-;14-/m00000/s1. The lowest BCUT2D eigenvalue weighted by Gasteiger charge is -2.31. The van der Waals surface area contributed by atoms with Gasteiger partial charge < -0.3 is 62.3 Å². The third kappa shape index (κ3) is 15.1. The van der Waals surface area contributed by atoms with E-state index in [1.807, 2.05) is 157 Å². The molecule has 5 aliphatic heterocycles. The summed E-state index contributed by atoms with van der Waals surface area (Å²) in [5.74, 6) is 0. The molecule has 5 aliphatic rings. The molecule has 23 rings (SSSR count). The first-order valence-corrected chi connectivity index (χ1v) is 46.4. The fourth-order valence-electron chi connectivity index (χ4n) is 20.7. The Balaban J connectivity index is 0.000000113. The molecule has 5 atom stereocenters. The molecule has 14 aromatic carbocycles. The monoisotopic (exact) mass is 1860 g/mol. The number of hydrogen-bond acceptors (Lipinski definition) is 14. The van der Waals surface area contributed by atoms with Crippen LogP contribution in [0.3, 0.4) is 0 Å². The molecule has 143 heavy (non-hydrogen) atoms. The molecule has 24 heteroatoms. The van der Waals surface area contributed by atoms with E-state index < -0.39 is 0 Å². The van der Waals surface area contributed by atoms with Gasteiger partial charge in [0, 0.05) is 125 Å². The normalized spacial score (nSPS) is 15.4. The summed E-state index contributed by atoms with van der Waals surface area (Å²) in [4.78, 5) is 62.5. The summed E-state index contributed by atoms with van der Waals surface area (Å²) in [6.07, 6.45) is 1.74. The van der Waals surface area contributed by atoms with E-state index in [4.69, 9.17) is 79.0 Å². The van der Waals surface area contributed by atoms with Crippen LogP contribution in [0.5, 0.6) is 0 Å². The highest BCUT2D eigenvalue weighted by Gasteiger charge is 2.43. The van der Waals surface area contributed by atoms with E-state index in [0.717, 1.165) is 184 Å². The molecule has 0 bridgehead atoms. The van der Waals surface area contributed by atoms with Crippen LogP contribution in [0.2, 0.25) is 0 Å². The summed E-state index contributed by atoms with van der Waals surface area (Å²) in [5.41, 5.74) is 32.5. The number of pyridine rings is 1. The van der Waals surface area contributed by atoms with Crippen molar-refractivity contribution in [2.75, 3.05) is 84.2 Å². The number of furan rings is 3. The number of benzene rings is 14. The van der Waals surface area contributed by atoms with Gasteiger partial charge in [-0.2, -0.15) is 0 Å². The fourth-order valence-corrected chi connectivity index (χ4v) is 20.7. The molecule has 4 aromatic heterocycles. The molecule has 0 fully saturated rings. The summed E-state index contributed by atoms with van der Waals surface area (Å²) in [7, 11) is 10.1. The predicted octanol–water partition coefficient (Wildman–Crippen LogP) is 33.6. The first-order valence-electron chi connectivity index (χ1n) is 46.4. The Morgan fingerprint density at radius 3 is 1.02 bits per heavy atom. The minimum atomic E-state index is -0.0445. The second kappa shape index (κ2) is 37.2. The molecule has 18 aromatic rings. The highest BCUT2D eigenvalue weighted by Crippen LogP contribution is 2.61. The Kier molecular flexibility index (Phi) is 24.1. The van der Waals surface area contributed by atoms with Crippen LogP contribution < -0.4 is 49.0 Å². The maximum Gasteiger partial charge on any atom is 0.227 e. The second-order valence-corrected chi connectivity index (χ2v) is 35.9. The summed E-state index contributed by atoms with van der Waals surface area (Å²) >= 11 is 0. The number of para-hydroxylation sites is 3. The number of aromatic nitrogens is 1. The molecular weight excluding hydrogens is 1770 g/mol. The first kappa shape index (κ1) is 92.6. The fraction of sp³-hybridized carbons (Fsp3) is 0.168. The summed E-state index contributed by atoms with van der Waals surface area (Å²) < 4.78 is 18.6. The Bertz CT molecular complexity index is 8570. The molecule has 0 spiro atoms. The molecule has 9 heterocycles. The molecule has 0 aliphatic carbocycles. The van der Waals surface area contributed by atoms with Gasteiger partial charge in [0.05, 0.1) is 111 Å². The van der Waals surface area contributed by atoms with Gasteiger partial charge in [-0.25, -0.2) is 29.2 Å². The van der Waals surface area contributed by atoms with Crippen molar-refractivity contribution in [1.82, 2.24) is 4.98 Å². The van der Waals surface area contributed by atoms with Crippen LogP contribution in [0.1, 0.15) is 62.4 Å². The van der Waals surface area contributed by atoms with Gasteiger partial charge in [0.1, 0.15) is 47.6 Å². The van der Waals surface area contributed by atoms with Crippen LogP contribution in [0.25, 0.3) is 137 Å². The highest BCUT2D eigenvalue weighted by molar-refractivity contribution is 6.15. The second-order valence-electron chi connectivity index (χ2n) is 35.9. The van der Waals surface area contributed by atoms with Gasteiger partial charge >= 0.3 is 0 Å². The summed E-state index contributed by atoms with van der Waals surface area (Å²) in [5, 5.41) is 6.26. The molecule has 0 unspecified atom stereocenters. The largest absolute Gasteiger partial charge is 0.456 e. The molecule has 692 valence electrons. The number of nitrogens with zero attached hydrogens (tertiary/aromatic N) is 21. The zero-order chi connectivity index (χ0) is 101. The number of aryl methyl sites for hydroxylation is 5. The third-order valence-electron chi connectivity index (χ3n) is 28.4. The van der Waals surface area contributed by atoms with Crippen LogP contribution >= 0.6 is 0 Å². The van der Waals surface area contributed by atoms with E-state index in [1.54, 1.807) is 36.5 Å². The highest BCUT2D eigenvalue weighted by atomic mass is 16.3. The SMILES string of the molecule is [C-]#[N+]c1ccc2c(c1[N+]#[C-])N(c1c(C)ccc3c1oc1ccccc13)[C@@H](C)N2C.[C-]#[N+]c1ccc2c(c1[N+]#[C-])N(c1c(C)ccc3c1oc1ncccc13)[C@@H](C)N2C.[C-]#[N+]c1ccc2c(c1[N+]#[C-])N(c1c(C)cccc1-c1ccccc1)[C@@H](C)N2C.[C-]#[N+]c1ccc2c(c1[N+]#[C-])N(c1cc3oc4ccccc4c3cc1C)[C@@H](C)N2C.[C-]#[N+]c1ccc2c(c1[N+]#[C-])N(c1ccc(-c3ccccc3)cc1C)[C@@H](C)N2C. The van der Waals surface area contributed by atoms with E-state index in [-0.39, 0.29) is 30.8 Å². The minimum absolute atomic E-state index is 0.00649. The molecule has 0 saturated heterocycles. The number of fused-ring (bicyclic) bond motifs is 14. The quantitative estimate of drug-likeness (QED) is 0.140. The lowest BCUT2D eigenvalue weighted by Crippen LogP contribution is -2.36. The third-order valence-corrected chi connectivity index (χ3v) is 28.4. The Morgan fingerprint density at radius 2 is 0.587 bits per heavy atom. The Hall–Kier alpha value is -19.5. The molecule has 0 amide bonds. The molecule has 0 radical (unpaired) electrons. The summed E-state index contributed by atoms with van der Waals surface area (Å²) in [6.45, 7) is 97.0. The van der Waals surface area contributed by atoms with E-state index in [0.29, 0.717) is 62.6 Å². The minimum Gasteiger partial charge on any atom is -0.456 e. The zero-order valence-corrected chi connectivity index (χ0v) is 81.3. The van der Waals surface area contributed by atoms with Gasteiger partial charge in [-0.15, -0.1) is 0 Å².